The second-order valence-corrected chi connectivity index (χ2v) is 6.67. The van der Waals surface area contributed by atoms with E-state index in [1.165, 1.54) is 51.6 Å². The maximum absolute atomic E-state index is 6.08. The van der Waals surface area contributed by atoms with Crippen LogP contribution in [0.4, 0.5) is 0 Å². The predicted molar refractivity (Wildman–Crippen MR) is 80.7 cm³/mol. The number of nitrogens with two attached hydrogens (primary N) is 1. The Hall–Kier alpha value is -0.0800. The van der Waals surface area contributed by atoms with Crippen LogP contribution in [-0.2, 0) is 0 Å². The molecule has 0 saturated heterocycles. The molecule has 0 unspecified atom stereocenters. The van der Waals surface area contributed by atoms with E-state index >= 15 is 0 Å². The summed E-state index contributed by atoms with van der Waals surface area (Å²) in [5.41, 5.74) is 6.42. The summed E-state index contributed by atoms with van der Waals surface area (Å²) in [6.45, 7) is 12.6. The molecule has 1 saturated carbocycles. The summed E-state index contributed by atoms with van der Waals surface area (Å²) in [5, 5.41) is 0. The van der Waals surface area contributed by atoms with Gasteiger partial charge in [-0.15, -0.1) is 0 Å². The molecule has 0 aromatic rings. The van der Waals surface area contributed by atoms with Crippen LogP contribution in [0, 0.1) is 11.3 Å². The first-order valence-electron chi connectivity index (χ1n) is 8.01. The third-order valence-electron chi connectivity index (χ3n) is 4.91. The smallest absolute Gasteiger partial charge is 0.00956 e. The fourth-order valence-corrected chi connectivity index (χ4v) is 3.34. The zero-order valence-corrected chi connectivity index (χ0v) is 13.0. The molecule has 1 aliphatic rings. The molecular weight excluding hydrogens is 220 g/mol. The third kappa shape index (κ3) is 4.24. The summed E-state index contributed by atoms with van der Waals surface area (Å²) in [7, 11) is 0. The van der Waals surface area contributed by atoms with Gasteiger partial charge in [0, 0.05) is 19.1 Å². The topological polar surface area (TPSA) is 29.3 Å². The Morgan fingerprint density at radius 3 is 2.11 bits per heavy atom. The van der Waals surface area contributed by atoms with Gasteiger partial charge in [0.25, 0.3) is 0 Å². The first-order valence-corrected chi connectivity index (χ1v) is 8.01. The first kappa shape index (κ1) is 16.0. The van der Waals surface area contributed by atoms with Crippen LogP contribution in [0.1, 0.15) is 66.2 Å². The van der Waals surface area contributed by atoms with E-state index < -0.39 is 0 Å². The summed E-state index contributed by atoms with van der Waals surface area (Å²) < 4.78 is 0. The molecule has 0 spiro atoms. The van der Waals surface area contributed by atoms with Crippen molar-refractivity contribution in [3.05, 3.63) is 0 Å². The Morgan fingerprint density at radius 1 is 1.17 bits per heavy atom. The third-order valence-corrected chi connectivity index (χ3v) is 4.91. The van der Waals surface area contributed by atoms with E-state index in [4.69, 9.17) is 5.73 Å². The van der Waals surface area contributed by atoms with Crippen molar-refractivity contribution in [1.29, 1.82) is 0 Å². The zero-order chi connectivity index (χ0) is 13.6. The van der Waals surface area contributed by atoms with E-state index in [2.05, 4.69) is 32.6 Å². The fourth-order valence-electron chi connectivity index (χ4n) is 3.34. The summed E-state index contributed by atoms with van der Waals surface area (Å²) in [6, 6.07) is 0.830. The van der Waals surface area contributed by atoms with Crippen molar-refractivity contribution in [2.75, 3.05) is 19.6 Å². The van der Waals surface area contributed by atoms with Crippen molar-refractivity contribution >= 4 is 0 Å². The van der Waals surface area contributed by atoms with Crippen LogP contribution in [0.25, 0.3) is 0 Å². The van der Waals surface area contributed by atoms with E-state index in [1.807, 2.05) is 0 Å². The molecule has 0 bridgehead atoms. The second kappa shape index (κ2) is 7.49. The average molecular weight is 254 g/mol. The van der Waals surface area contributed by atoms with Crippen LogP contribution in [0.15, 0.2) is 0 Å². The van der Waals surface area contributed by atoms with E-state index in [-0.39, 0.29) is 0 Å². The Bertz CT molecular complexity index is 207. The van der Waals surface area contributed by atoms with Gasteiger partial charge in [-0.3, -0.25) is 4.90 Å². The molecule has 2 N–H and O–H groups in total. The molecule has 1 rings (SSSR count). The second-order valence-electron chi connectivity index (χ2n) is 6.67. The van der Waals surface area contributed by atoms with Gasteiger partial charge in [0.15, 0.2) is 0 Å². The Morgan fingerprint density at radius 2 is 1.72 bits per heavy atom. The molecule has 1 aliphatic carbocycles. The molecule has 18 heavy (non-hydrogen) atoms. The number of hydrogen-bond donors (Lipinski definition) is 1. The Balaban J connectivity index is 2.69. The predicted octanol–water partition coefficient (Wildman–Crippen LogP) is 3.65. The lowest BCUT2D eigenvalue weighted by Crippen LogP contribution is -2.47. The van der Waals surface area contributed by atoms with Gasteiger partial charge in [0.1, 0.15) is 0 Å². The van der Waals surface area contributed by atoms with Crippen LogP contribution >= 0.6 is 0 Å². The highest BCUT2D eigenvalue weighted by atomic mass is 15.2. The van der Waals surface area contributed by atoms with Crippen LogP contribution in [0.5, 0.6) is 0 Å². The van der Waals surface area contributed by atoms with Gasteiger partial charge in [0.05, 0.1) is 0 Å². The Kier molecular flexibility index (Phi) is 6.65. The highest BCUT2D eigenvalue weighted by Crippen LogP contribution is 2.31. The van der Waals surface area contributed by atoms with E-state index in [9.17, 15) is 0 Å². The van der Waals surface area contributed by atoms with Gasteiger partial charge in [-0.25, -0.2) is 0 Å². The lowest BCUT2D eigenvalue weighted by atomic mass is 9.81. The van der Waals surface area contributed by atoms with Gasteiger partial charge in [-0.05, 0) is 43.6 Å². The maximum atomic E-state index is 6.08. The SMILES string of the molecule is CCC(CC)(CN)CN(CC(C)C)C1CCCC1. The monoisotopic (exact) mass is 254 g/mol. The van der Waals surface area contributed by atoms with Crippen molar-refractivity contribution in [1.82, 2.24) is 4.90 Å². The summed E-state index contributed by atoms with van der Waals surface area (Å²) >= 11 is 0. The van der Waals surface area contributed by atoms with E-state index in [1.54, 1.807) is 0 Å². The van der Waals surface area contributed by atoms with Gasteiger partial charge in [-0.2, -0.15) is 0 Å². The number of hydrogen-bond acceptors (Lipinski definition) is 2. The molecule has 0 aromatic heterocycles. The van der Waals surface area contributed by atoms with Crippen molar-refractivity contribution in [2.24, 2.45) is 17.1 Å². The maximum Gasteiger partial charge on any atom is 0.00956 e. The minimum absolute atomic E-state index is 0.345. The molecule has 0 aliphatic heterocycles. The van der Waals surface area contributed by atoms with Gasteiger partial charge in [0.2, 0.25) is 0 Å². The van der Waals surface area contributed by atoms with Crippen LogP contribution in [-0.4, -0.2) is 30.6 Å². The summed E-state index contributed by atoms with van der Waals surface area (Å²) in [4.78, 5) is 2.76. The molecule has 1 fully saturated rings. The average Bonchev–Trinajstić information content (AvgIpc) is 2.88. The zero-order valence-electron chi connectivity index (χ0n) is 13.0. The molecule has 2 heteroatoms. The first-order chi connectivity index (χ1) is 8.56. The number of nitrogens with zero attached hydrogens (tertiary/aromatic N) is 1. The summed E-state index contributed by atoms with van der Waals surface area (Å²) in [5.74, 6) is 0.759. The van der Waals surface area contributed by atoms with Crippen LogP contribution in [0.2, 0.25) is 0 Å². The molecule has 108 valence electrons. The van der Waals surface area contributed by atoms with Crippen LogP contribution < -0.4 is 5.73 Å². The highest BCUT2D eigenvalue weighted by Gasteiger charge is 2.31. The van der Waals surface area contributed by atoms with Gasteiger partial charge in [-0.1, -0.05) is 40.5 Å². The highest BCUT2D eigenvalue weighted by molar-refractivity contribution is 4.86. The number of rotatable bonds is 8. The van der Waals surface area contributed by atoms with E-state index in [0.717, 1.165) is 18.5 Å². The van der Waals surface area contributed by atoms with Crippen LogP contribution in [0.3, 0.4) is 0 Å². The molecular formula is C16H34N2. The molecule has 2 nitrogen and oxygen atoms in total. The molecule has 0 heterocycles. The van der Waals surface area contributed by atoms with Crippen molar-refractivity contribution in [3.63, 3.8) is 0 Å². The molecule has 0 amide bonds. The standard InChI is InChI=1S/C16H34N2/c1-5-16(6-2,12-17)13-18(11-14(3)4)15-9-7-8-10-15/h14-15H,5-13,17H2,1-4H3. The normalized spacial score (nSPS) is 18.2. The van der Waals surface area contributed by atoms with E-state index in [0.29, 0.717) is 5.41 Å². The minimum Gasteiger partial charge on any atom is -0.330 e. The lowest BCUT2D eigenvalue weighted by Gasteiger charge is -2.40. The van der Waals surface area contributed by atoms with Gasteiger partial charge >= 0.3 is 0 Å². The van der Waals surface area contributed by atoms with Crippen molar-refractivity contribution in [3.8, 4) is 0 Å². The Labute approximate surface area is 114 Å². The quantitative estimate of drug-likeness (QED) is 0.716. The largest absolute Gasteiger partial charge is 0.330 e. The summed E-state index contributed by atoms with van der Waals surface area (Å²) in [6.07, 6.45) is 8.07. The van der Waals surface area contributed by atoms with Crippen molar-refractivity contribution in [2.45, 2.75) is 72.3 Å². The minimum atomic E-state index is 0.345. The lowest BCUT2D eigenvalue weighted by molar-refractivity contribution is 0.0943. The fraction of sp³-hybridized carbons (Fsp3) is 1.00. The van der Waals surface area contributed by atoms with Gasteiger partial charge < -0.3 is 5.73 Å². The molecule has 0 radical (unpaired) electrons. The van der Waals surface area contributed by atoms with Crippen molar-refractivity contribution < 1.29 is 0 Å². The molecule has 0 aromatic carbocycles. The molecule has 0 atom stereocenters.